The third kappa shape index (κ3) is 3.18. The number of amides is 1. The van der Waals surface area contributed by atoms with Gasteiger partial charge in [0, 0.05) is 16.9 Å². The predicted molar refractivity (Wildman–Crippen MR) is 80.9 cm³/mol. The molecule has 0 heterocycles. The molecule has 1 amide bonds. The molecule has 1 atom stereocenters. The summed E-state index contributed by atoms with van der Waals surface area (Å²) >= 11 is 3.45. The second kappa shape index (κ2) is 6.06. The number of hydrogen-bond acceptors (Lipinski definition) is 2. The average molecular weight is 325 g/mol. The van der Waals surface area contributed by atoms with Gasteiger partial charge in [0.15, 0.2) is 0 Å². The zero-order chi connectivity index (χ0) is 13.9. The summed E-state index contributed by atoms with van der Waals surface area (Å²) in [6.45, 7) is 2.67. The molecule has 104 valence electrons. The van der Waals surface area contributed by atoms with Crippen molar-refractivity contribution in [2.24, 2.45) is 5.92 Å². The van der Waals surface area contributed by atoms with Crippen LogP contribution in [0.2, 0.25) is 0 Å². The van der Waals surface area contributed by atoms with Crippen LogP contribution >= 0.6 is 15.9 Å². The van der Waals surface area contributed by atoms with Crippen LogP contribution in [0.15, 0.2) is 28.7 Å². The molecule has 0 spiro atoms. The molecule has 0 radical (unpaired) electrons. The summed E-state index contributed by atoms with van der Waals surface area (Å²) < 4.78 is 1.07. The van der Waals surface area contributed by atoms with Crippen LogP contribution in [0.25, 0.3) is 0 Å². The lowest BCUT2D eigenvalue weighted by Crippen LogP contribution is -2.53. The standard InChI is InChI=1S/C15H21BrN2O/c1-11(10-17-2)14(19)18-15(8-3-9-15)12-4-6-13(16)7-5-12/h4-7,11,17H,3,8-10H2,1-2H3,(H,18,19). The van der Waals surface area contributed by atoms with E-state index in [1.54, 1.807) is 0 Å². The van der Waals surface area contributed by atoms with E-state index in [4.69, 9.17) is 0 Å². The first-order chi connectivity index (χ1) is 9.07. The summed E-state index contributed by atoms with van der Waals surface area (Å²) in [5.74, 6) is 0.134. The Balaban J connectivity index is 2.10. The zero-order valence-corrected chi connectivity index (χ0v) is 13.1. The summed E-state index contributed by atoms with van der Waals surface area (Å²) in [5.41, 5.74) is 1.08. The lowest BCUT2D eigenvalue weighted by Gasteiger charge is -2.43. The maximum atomic E-state index is 12.2. The Bertz CT molecular complexity index is 440. The van der Waals surface area contributed by atoms with E-state index in [-0.39, 0.29) is 17.4 Å². The van der Waals surface area contributed by atoms with E-state index in [1.807, 2.05) is 26.1 Å². The van der Waals surface area contributed by atoms with Crippen molar-refractivity contribution in [3.8, 4) is 0 Å². The number of nitrogens with one attached hydrogen (secondary N) is 2. The van der Waals surface area contributed by atoms with Gasteiger partial charge >= 0.3 is 0 Å². The van der Waals surface area contributed by atoms with Crippen molar-refractivity contribution >= 4 is 21.8 Å². The van der Waals surface area contributed by atoms with E-state index in [2.05, 4.69) is 38.7 Å². The first-order valence-corrected chi connectivity index (χ1v) is 7.59. The number of rotatable bonds is 5. The number of carbonyl (C=O) groups is 1. The van der Waals surface area contributed by atoms with Gasteiger partial charge in [0.05, 0.1) is 5.54 Å². The van der Waals surface area contributed by atoms with Crippen molar-refractivity contribution in [3.63, 3.8) is 0 Å². The molecule has 2 N–H and O–H groups in total. The molecule has 1 saturated carbocycles. The van der Waals surface area contributed by atoms with E-state index in [9.17, 15) is 4.79 Å². The van der Waals surface area contributed by atoms with E-state index in [1.165, 1.54) is 12.0 Å². The van der Waals surface area contributed by atoms with Gasteiger partial charge in [0.25, 0.3) is 0 Å². The highest BCUT2D eigenvalue weighted by molar-refractivity contribution is 9.10. The molecule has 0 saturated heterocycles. The van der Waals surface area contributed by atoms with Gasteiger partial charge < -0.3 is 10.6 Å². The Hall–Kier alpha value is -0.870. The molecule has 1 aromatic rings. The van der Waals surface area contributed by atoms with Crippen LogP contribution in [0.1, 0.15) is 31.7 Å². The van der Waals surface area contributed by atoms with Gasteiger partial charge in [-0.25, -0.2) is 0 Å². The SMILES string of the molecule is CNCC(C)C(=O)NC1(c2ccc(Br)cc2)CCC1. The molecule has 0 aliphatic heterocycles. The minimum Gasteiger partial charge on any atom is -0.346 e. The Morgan fingerprint density at radius 2 is 2.00 bits per heavy atom. The highest BCUT2D eigenvalue weighted by Crippen LogP contribution is 2.41. The van der Waals surface area contributed by atoms with Crippen molar-refractivity contribution in [2.45, 2.75) is 31.7 Å². The third-order valence-electron chi connectivity index (χ3n) is 3.92. The van der Waals surface area contributed by atoms with Crippen molar-refractivity contribution in [1.82, 2.24) is 10.6 Å². The largest absolute Gasteiger partial charge is 0.346 e. The summed E-state index contributed by atoms with van der Waals surface area (Å²) in [4.78, 5) is 12.2. The first kappa shape index (κ1) is 14.5. The van der Waals surface area contributed by atoms with Gasteiger partial charge in [0.1, 0.15) is 0 Å². The van der Waals surface area contributed by atoms with Crippen LogP contribution in [-0.4, -0.2) is 19.5 Å². The second-order valence-electron chi connectivity index (χ2n) is 5.39. The molecule has 1 fully saturated rings. The van der Waals surface area contributed by atoms with Crippen molar-refractivity contribution < 1.29 is 4.79 Å². The Kier molecular flexibility index (Phi) is 4.63. The normalized spacial score (nSPS) is 18.5. The molecule has 0 aromatic heterocycles. The van der Waals surface area contributed by atoms with Gasteiger partial charge in [-0.1, -0.05) is 35.0 Å². The van der Waals surface area contributed by atoms with Crippen LogP contribution in [-0.2, 0) is 10.3 Å². The number of halogens is 1. The molecule has 0 bridgehead atoms. The fraction of sp³-hybridized carbons (Fsp3) is 0.533. The van der Waals surface area contributed by atoms with E-state index < -0.39 is 0 Å². The molecular weight excluding hydrogens is 304 g/mol. The minimum atomic E-state index is -0.139. The highest BCUT2D eigenvalue weighted by atomic mass is 79.9. The maximum absolute atomic E-state index is 12.2. The highest BCUT2D eigenvalue weighted by Gasteiger charge is 2.40. The Labute approximate surface area is 123 Å². The van der Waals surface area contributed by atoms with Gasteiger partial charge in [0.2, 0.25) is 5.91 Å². The van der Waals surface area contributed by atoms with Crippen LogP contribution in [0.5, 0.6) is 0 Å². The summed E-state index contributed by atoms with van der Waals surface area (Å²) in [5, 5.41) is 6.31. The monoisotopic (exact) mass is 324 g/mol. The lowest BCUT2D eigenvalue weighted by atomic mass is 9.71. The topological polar surface area (TPSA) is 41.1 Å². The lowest BCUT2D eigenvalue weighted by molar-refractivity contribution is -0.127. The molecule has 1 unspecified atom stereocenters. The molecule has 4 heteroatoms. The third-order valence-corrected chi connectivity index (χ3v) is 4.45. The van der Waals surface area contributed by atoms with Gasteiger partial charge in [-0.05, 0) is 44.0 Å². The summed E-state index contributed by atoms with van der Waals surface area (Å²) in [6.07, 6.45) is 3.25. The second-order valence-corrected chi connectivity index (χ2v) is 6.31. The summed E-state index contributed by atoms with van der Waals surface area (Å²) in [6, 6.07) is 8.29. The molecule has 1 aromatic carbocycles. The Morgan fingerprint density at radius 1 is 1.37 bits per heavy atom. The van der Waals surface area contributed by atoms with E-state index >= 15 is 0 Å². The molecule has 1 aliphatic carbocycles. The number of benzene rings is 1. The summed E-state index contributed by atoms with van der Waals surface area (Å²) in [7, 11) is 1.87. The fourth-order valence-corrected chi connectivity index (χ4v) is 2.81. The zero-order valence-electron chi connectivity index (χ0n) is 11.5. The Morgan fingerprint density at radius 3 is 2.47 bits per heavy atom. The van der Waals surface area contributed by atoms with Crippen molar-refractivity contribution in [1.29, 1.82) is 0 Å². The fourth-order valence-electron chi connectivity index (χ4n) is 2.54. The van der Waals surface area contributed by atoms with Crippen LogP contribution < -0.4 is 10.6 Å². The van der Waals surface area contributed by atoms with Crippen molar-refractivity contribution in [2.75, 3.05) is 13.6 Å². The van der Waals surface area contributed by atoms with Gasteiger partial charge in [-0.2, -0.15) is 0 Å². The van der Waals surface area contributed by atoms with Gasteiger partial charge in [-0.3, -0.25) is 4.79 Å². The quantitative estimate of drug-likeness (QED) is 0.874. The van der Waals surface area contributed by atoms with Crippen LogP contribution in [0, 0.1) is 5.92 Å². The van der Waals surface area contributed by atoms with Crippen LogP contribution in [0.4, 0.5) is 0 Å². The van der Waals surface area contributed by atoms with E-state index in [0.717, 1.165) is 17.3 Å². The molecule has 1 aliphatic rings. The molecular formula is C15H21BrN2O. The minimum absolute atomic E-state index is 0.00192. The van der Waals surface area contributed by atoms with Crippen LogP contribution in [0.3, 0.4) is 0 Å². The average Bonchev–Trinajstić information content (AvgIpc) is 2.35. The van der Waals surface area contributed by atoms with Gasteiger partial charge in [-0.15, -0.1) is 0 Å². The first-order valence-electron chi connectivity index (χ1n) is 6.80. The molecule has 19 heavy (non-hydrogen) atoms. The molecule has 3 nitrogen and oxygen atoms in total. The smallest absolute Gasteiger partial charge is 0.224 e. The maximum Gasteiger partial charge on any atom is 0.224 e. The van der Waals surface area contributed by atoms with Crippen molar-refractivity contribution in [3.05, 3.63) is 34.3 Å². The van der Waals surface area contributed by atoms with E-state index in [0.29, 0.717) is 6.54 Å². The number of carbonyl (C=O) groups excluding carboxylic acids is 1. The number of hydrogen-bond donors (Lipinski definition) is 2. The molecule has 2 rings (SSSR count). The predicted octanol–water partition coefficient (Wildman–Crippen LogP) is 2.80.